The standard InChI is InChI=1S/C25H25N3O4/c1-16(2)18-8-10-20(11-9-18)25-27-23(32-28-25)15-30-24(29)13-12-22-26-14-21(31-22)19-6-4-17(3)5-7-19/h4-11,14,16H,12-13,15H2,1-3H3. The van der Waals surface area contributed by atoms with Crippen LogP contribution in [0.25, 0.3) is 22.7 Å². The van der Waals surface area contributed by atoms with Crippen molar-refractivity contribution in [3.05, 3.63) is 77.6 Å². The minimum atomic E-state index is -0.388. The van der Waals surface area contributed by atoms with Gasteiger partial charge in [0.2, 0.25) is 5.82 Å². The van der Waals surface area contributed by atoms with E-state index >= 15 is 0 Å². The molecule has 0 aliphatic rings. The van der Waals surface area contributed by atoms with Gasteiger partial charge in [0, 0.05) is 17.5 Å². The Bertz CT molecular complexity index is 1170. The molecule has 0 spiro atoms. The van der Waals surface area contributed by atoms with Crippen LogP contribution in [0.2, 0.25) is 0 Å². The summed E-state index contributed by atoms with van der Waals surface area (Å²) in [7, 11) is 0. The number of carbonyl (C=O) groups excluding carboxylic acids is 1. The van der Waals surface area contributed by atoms with Gasteiger partial charge in [-0.05, 0) is 18.4 Å². The average Bonchev–Trinajstić information content (AvgIpc) is 3.47. The Morgan fingerprint density at radius 2 is 1.72 bits per heavy atom. The molecule has 7 nitrogen and oxygen atoms in total. The lowest BCUT2D eigenvalue weighted by molar-refractivity contribution is -0.145. The number of esters is 1. The molecule has 0 amide bonds. The molecule has 7 heteroatoms. The number of oxazole rings is 1. The number of carbonyl (C=O) groups is 1. The molecule has 0 aliphatic heterocycles. The van der Waals surface area contributed by atoms with E-state index in [0.717, 1.165) is 11.1 Å². The largest absolute Gasteiger partial charge is 0.456 e. The molecule has 2 aromatic heterocycles. The summed E-state index contributed by atoms with van der Waals surface area (Å²) in [6, 6.07) is 16.0. The second-order valence-electron chi connectivity index (χ2n) is 7.93. The van der Waals surface area contributed by atoms with Crippen molar-refractivity contribution in [1.29, 1.82) is 0 Å². The highest BCUT2D eigenvalue weighted by molar-refractivity contribution is 5.69. The Morgan fingerprint density at radius 1 is 1.00 bits per heavy atom. The van der Waals surface area contributed by atoms with Crippen molar-refractivity contribution in [3.63, 3.8) is 0 Å². The third kappa shape index (κ3) is 5.29. The number of rotatable bonds is 8. The van der Waals surface area contributed by atoms with Gasteiger partial charge in [-0.25, -0.2) is 4.98 Å². The smallest absolute Gasteiger partial charge is 0.306 e. The van der Waals surface area contributed by atoms with Crippen LogP contribution in [0, 0.1) is 6.92 Å². The zero-order valence-corrected chi connectivity index (χ0v) is 18.4. The van der Waals surface area contributed by atoms with Crippen LogP contribution in [0.1, 0.15) is 49.1 Å². The number of aryl methyl sites for hydroxylation is 2. The van der Waals surface area contributed by atoms with Crippen molar-refractivity contribution in [3.8, 4) is 22.7 Å². The van der Waals surface area contributed by atoms with Crippen LogP contribution in [-0.2, 0) is 22.6 Å². The van der Waals surface area contributed by atoms with E-state index in [-0.39, 0.29) is 24.9 Å². The summed E-state index contributed by atoms with van der Waals surface area (Å²) in [5.74, 6) is 1.94. The first-order valence-corrected chi connectivity index (χ1v) is 10.6. The second-order valence-corrected chi connectivity index (χ2v) is 7.93. The predicted molar refractivity (Wildman–Crippen MR) is 119 cm³/mol. The molecule has 2 aromatic carbocycles. The summed E-state index contributed by atoms with van der Waals surface area (Å²) < 4.78 is 16.2. The van der Waals surface area contributed by atoms with Crippen molar-refractivity contribution in [2.75, 3.05) is 0 Å². The summed E-state index contributed by atoms with van der Waals surface area (Å²) in [5.41, 5.74) is 4.21. The first-order chi connectivity index (χ1) is 15.5. The van der Waals surface area contributed by atoms with E-state index in [1.165, 1.54) is 11.1 Å². The molecule has 0 saturated carbocycles. The molecule has 4 rings (SSSR count). The lowest BCUT2D eigenvalue weighted by atomic mass is 10.0. The van der Waals surface area contributed by atoms with E-state index in [2.05, 4.69) is 29.0 Å². The molecule has 0 atom stereocenters. The molecule has 164 valence electrons. The predicted octanol–water partition coefficient (Wildman–Crippen LogP) is 5.50. The van der Waals surface area contributed by atoms with E-state index in [1.54, 1.807) is 6.20 Å². The fraction of sp³-hybridized carbons (Fsp3) is 0.280. The van der Waals surface area contributed by atoms with Crippen LogP contribution in [0.15, 0.2) is 63.7 Å². The number of aromatic nitrogens is 3. The number of ether oxygens (including phenoxy) is 1. The van der Waals surface area contributed by atoms with Crippen molar-refractivity contribution in [1.82, 2.24) is 15.1 Å². The molecular weight excluding hydrogens is 406 g/mol. The zero-order chi connectivity index (χ0) is 22.5. The van der Waals surface area contributed by atoms with Gasteiger partial charge >= 0.3 is 5.97 Å². The quantitative estimate of drug-likeness (QED) is 0.340. The summed E-state index contributed by atoms with van der Waals surface area (Å²) in [5, 5.41) is 3.97. The highest BCUT2D eigenvalue weighted by atomic mass is 16.6. The van der Waals surface area contributed by atoms with Crippen LogP contribution in [0.3, 0.4) is 0 Å². The molecule has 0 N–H and O–H groups in total. The van der Waals surface area contributed by atoms with Gasteiger partial charge in [-0.1, -0.05) is 73.1 Å². The van der Waals surface area contributed by atoms with Gasteiger partial charge < -0.3 is 13.7 Å². The summed E-state index contributed by atoms with van der Waals surface area (Å²) in [4.78, 5) is 20.6. The van der Waals surface area contributed by atoms with Gasteiger partial charge in [-0.3, -0.25) is 4.79 Å². The summed E-state index contributed by atoms with van der Waals surface area (Å²) in [6.07, 6.45) is 2.16. The fourth-order valence-electron chi connectivity index (χ4n) is 3.15. The van der Waals surface area contributed by atoms with E-state index in [1.807, 2.05) is 55.5 Å². The van der Waals surface area contributed by atoms with Crippen molar-refractivity contribution >= 4 is 5.97 Å². The van der Waals surface area contributed by atoms with Crippen LogP contribution >= 0.6 is 0 Å². The minimum Gasteiger partial charge on any atom is -0.456 e. The van der Waals surface area contributed by atoms with Crippen LogP contribution in [-0.4, -0.2) is 21.1 Å². The Hall–Kier alpha value is -3.74. The normalized spacial score (nSPS) is 11.1. The first kappa shape index (κ1) is 21.5. The Morgan fingerprint density at radius 3 is 2.44 bits per heavy atom. The van der Waals surface area contributed by atoms with E-state index in [9.17, 15) is 4.79 Å². The molecule has 4 aromatic rings. The maximum Gasteiger partial charge on any atom is 0.306 e. The molecule has 0 radical (unpaired) electrons. The van der Waals surface area contributed by atoms with Crippen LogP contribution in [0.5, 0.6) is 0 Å². The van der Waals surface area contributed by atoms with Crippen LogP contribution < -0.4 is 0 Å². The Labute approximate surface area is 186 Å². The monoisotopic (exact) mass is 431 g/mol. The van der Waals surface area contributed by atoms with Crippen molar-refractivity contribution in [2.24, 2.45) is 0 Å². The van der Waals surface area contributed by atoms with E-state index < -0.39 is 0 Å². The number of benzene rings is 2. The Balaban J connectivity index is 1.26. The SMILES string of the molecule is Cc1ccc(-c2cnc(CCC(=O)OCc3nc(-c4ccc(C(C)C)cc4)no3)o2)cc1. The number of nitrogens with zero attached hydrogens (tertiary/aromatic N) is 3. The summed E-state index contributed by atoms with van der Waals surface area (Å²) in [6.45, 7) is 6.23. The molecule has 0 unspecified atom stereocenters. The number of hydrogen-bond donors (Lipinski definition) is 0. The molecule has 32 heavy (non-hydrogen) atoms. The molecule has 0 saturated heterocycles. The van der Waals surface area contributed by atoms with Gasteiger partial charge in [0.05, 0.1) is 12.6 Å². The molecule has 0 fully saturated rings. The fourth-order valence-corrected chi connectivity index (χ4v) is 3.15. The Kier molecular flexibility index (Phi) is 6.44. The lowest BCUT2D eigenvalue weighted by Crippen LogP contribution is -2.06. The second kappa shape index (κ2) is 9.60. The minimum absolute atomic E-state index is 0.0733. The maximum absolute atomic E-state index is 12.1. The third-order valence-corrected chi connectivity index (χ3v) is 5.09. The van der Waals surface area contributed by atoms with Crippen molar-refractivity contribution < 1.29 is 18.5 Å². The molecule has 0 bridgehead atoms. The molecular formula is C25H25N3O4. The van der Waals surface area contributed by atoms with Gasteiger partial charge in [0.15, 0.2) is 18.3 Å². The molecule has 2 heterocycles. The zero-order valence-electron chi connectivity index (χ0n) is 18.4. The van der Waals surface area contributed by atoms with Gasteiger partial charge in [-0.2, -0.15) is 4.98 Å². The van der Waals surface area contributed by atoms with Crippen LogP contribution in [0.4, 0.5) is 0 Å². The van der Waals surface area contributed by atoms with Gasteiger partial charge in [0.1, 0.15) is 0 Å². The molecule has 0 aliphatic carbocycles. The summed E-state index contributed by atoms with van der Waals surface area (Å²) >= 11 is 0. The average molecular weight is 431 g/mol. The highest BCUT2D eigenvalue weighted by Gasteiger charge is 2.13. The van der Waals surface area contributed by atoms with E-state index in [4.69, 9.17) is 13.7 Å². The van der Waals surface area contributed by atoms with Gasteiger partial charge in [0.25, 0.3) is 5.89 Å². The first-order valence-electron chi connectivity index (χ1n) is 10.6. The highest BCUT2D eigenvalue weighted by Crippen LogP contribution is 2.22. The lowest BCUT2D eigenvalue weighted by Gasteiger charge is -2.04. The maximum atomic E-state index is 12.1. The van der Waals surface area contributed by atoms with E-state index in [0.29, 0.717) is 29.8 Å². The van der Waals surface area contributed by atoms with Gasteiger partial charge in [-0.15, -0.1) is 0 Å². The topological polar surface area (TPSA) is 91.2 Å². The third-order valence-electron chi connectivity index (χ3n) is 5.09. The number of hydrogen-bond acceptors (Lipinski definition) is 7. The van der Waals surface area contributed by atoms with Crippen molar-refractivity contribution in [2.45, 2.75) is 46.1 Å².